The molecule has 4 rings (SSSR count). The highest BCUT2D eigenvalue weighted by molar-refractivity contribution is 7.80. The first-order valence-corrected chi connectivity index (χ1v) is 11.7. The van der Waals surface area contributed by atoms with Crippen molar-refractivity contribution in [3.63, 3.8) is 0 Å². The quantitative estimate of drug-likeness (QED) is 0.431. The Hall–Kier alpha value is -3.17. The number of benzene rings is 2. The van der Waals surface area contributed by atoms with E-state index >= 15 is 0 Å². The molecule has 0 aromatic heterocycles. The molecule has 1 saturated heterocycles. The van der Waals surface area contributed by atoms with Gasteiger partial charge in [0, 0.05) is 11.7 Å². The summed E-state index contributed by atoms with van der Waals surface area (Å²) in [6.07, 6.45) is 1.77. The van der Waals surface area contributed by atoms with Crippen LogP contribution in [0, 0.1) is 0 Å². The number of rotatable bonds is 8. The molecular formula is C24H24ClN3O5S. The summed E-state index contributed by atoms with van der Waals surface area (Å²) in [5.41, 5.74) is 1.44. The van der Waals surface area contributed by atoms with E-state index in [1.165, 1.54) is 12.0 Å². The van der Waals surface area contributed by atoms with Crippen LogP contribution in [-0.4, -0.2) is 53.6 Å². The fourth-order valence-corrected chi connectivity index (χ4v) is 4.61. The van der Waals surface area contributed by atoms with Gasteiger partial charge in [-0.1, -0.05) is 11.6 Å². The lowest BCUT2D eigenvalue weighted by Gasteiger charge is -2.23. The molecule has 1 N–H and O–H groups in total. The minimum Gasteiger partial charge on any atom is -0.495 e. The Balaban J connectivity index is 1.48. The van der Waals surface area contributed by atoms with E-state index < -0.39 is 12.0 Å². The third kappa shape index (κ3) is 4.85. The van der Waals surface area contributed by atoms with Crippen molar-refractivity contribution in [2.75, 3.05) is 23.9 Å². The molecule has 1 heterocycles. The SMILES string of the molecule is CCOC(=O)c1ccc(NC(=O)C[C@H]2C(=O)N(c3ccc(OC)c(Cl)c3)C(=S)N2C2CC2)cc1. The number of thiocarbonyl (C=S) groups is 1. The van der Waals surface area contributed by atoms with Crippen LogP contribution < -0.4 is 15.0 Å². The van der Waals surface area contributed by atoms with Crippen molar-refractivity contribution in [1.82, 2.24) is 4.90 Å². The molecule has 2 aliphatic rings. The summed E-state index contributed by atoms with van der Waals surface area (Å²) in [7, 11) is 1.51. The van der Waals surface area contributed by atoms with Crippen molar-refractivity contribution in [2.45, 2.75) is 38.3 Å². The van der Waals surface area contributed by atoms with Crippen molar-refractivity contribution >= 4 is 58.1 Å². The minimum atomic E-state index is -0.709. The number of amides is 2. The highest BCUT2D eigenvalue weighted by atomic mass is 35.5. The summed E-state index contributed by atoms with van der Waals surface area (Å²) in [5.74, 6) is -0.535. The fourth-order valence-electron chi connectivity index (χ4n) is 3.88. The lowest BCUT2D eigenvalue weighted by Crippen LogP contribution is -2.39. The van der Waals surface area contributed by atoms with E-state index in [-0.39, 0.29) is 30.9 Å². The van der Waals surface area contributed by atoms with E-state index in [4.69, 9.17) is 33.3 Å². The first kappa shape index (κ1) is 24.0. The number of anilines is 2. The molecule has 0 radical (unpaired) electrons. The first-order valence-electron chi connectivity index (χ1n) is 10.9. The predicted molar refractivity (Wildman–Crippen MR) is 132 cm³/mol. The fraction of sp³-hybridized carbons (Fsp3) is 0.333. The summed E-state index contributed by atoms with van der Waals surface area (Å²) in [5, 5.41) is 3.52. The monoisotopic (exact) mass is 501 g/mol. The molecule has 1 aliphatic heterocycles. The van der Waals surface area contributed by atoms with Crippen LogP contribution in [0.2, 0.25) is 5.02 Å². The van der Waals surface area contributed by atoms with Gasteiger partial charge in [-0.15, -0.1) is 0 Å². The number of carbonyl (C=O) groups is 3. The Labute approximate surface area is 207 Å². The number of ether oxygens (including phenoxy) is 2. The highest BCUT2D eigenvalue weighted by Crippen LogP contribution is 2.38. The molecule has 178 valence electrons. The number of nitrogens with one attached hydrogen (secondary N) is 1. The van der Waals surface area contributed by atoms with Gasteiger partial charge >= 0.3 is 5.97 Å². The van der Waals surface area contributed by atoms with Crippen molar-refractivity contribution < 1.29 is 23.9 Å². The maximum absolute atomic E-state index is 13.4. The van der Waals surface area contributed by atoms with Gasteiger partial charge in [0.1, 0.15) is 11.8 Å². The van der Waals surface area contributed by atoms with E-state index in [0.717, 1.165) is 12.8 Å². The van der Waals surface area contributed by atoms with Gasteiger partial charge < -0.3 is 19.7 Å². The predicted octanol–water partition coefficient (Wildman–Crippen LogP) is 4.02. The van der Waals surface area contributed by atoms with Crippen LogP contribution in [0.25, 0.3) is 0 Å². The van der Waals surface area contributed by atoms with E-state index in [2.05, 4.69) is 5.32 Å². The molecule has 0 spiro atoms. The molecule has 10 heteroatoms. The molecule has 34 heavy (non-hydrogen) atoms. The van der Waals surface area contributed by atoms with Gasteiger partial charge in [-0.2, -0.15) is 0 Å². The average Bonchev–Trinajstić information content (AvgIpc) is 3.61. The zero-order chi connectivity index (χ0) is 24.4. The number of hydrogen-bond donors (Lipinski definition) is 1. The van der Waals surface area contributed by atoms with Crippen molar-refractivity contribution in [3.8, 4) is 5.75 Å². The number of halogens is 1. The van der Waals surface area contributed by atoms with Gasteiger partial charge in [-0.3, -0.25) is 14.5 Å². The Morgan fingerprint density at radius 3 is 2.47 bits per heavy atom. The van der Waals surface area contributed by atoms with Crippen LogP contribution in [-0.2, 0) is 14.3 Å². The Morgan fingerprint density at radius 2 is 1.88 bits per heavy atom. The largest absolute Gasteiger partial charge is 0.495 e. The molecule has 8 nitrogen and oxygen atoms in total. The maximum Gasteiger partial charge on any atom is 0.338 e. The van der Waals surface area contributed by atoms with Gasteiger partial charge in [-0.25, -0.2) is 4.79 Å². The van der Waals surface area contributed by atoms with E-state index in [9.17, 15) is 14.4 Å². The standard InChI is InChI=1S/C24H24ClN3O5S/c1-3-33-23(31)14-4-6-15(7-5-14)26-21(29)13-19-22(30)28(24(34)27(19)16-8-9-16)17-10-11-20(32-2)18(25)12-17/h4-7,10-12,16,19H,3,8-9,13H2,1-2H3,(H,26,29)/t19-/m0/s1. The van der Waals surface area contributed by atoms with Gasteiger partial charge in [0.05, 0.1) is 36.4 Å². The molecule has 1 atom stereocenters. The number of esters is 1. The Kier molecular flexibility index (Phi) is 7.04. The molecule has 2 amide bonds. The summed E-state index contributed by atoms with van der Waals surface area (Å²) in [6, 6.07) is 10.8. The maximum atomic E-state index is 13.4. The summed E-state index contributed by atoms with van der Waals surface area (Å²) in [4.78, 5) is 41.3. The molecule has 2 fully saturated rings. The van der Waals surface area contributed by atoms with Crippen LogP contribution in [0.1, 0.15) is 36.5 Å². The van der Waals surface area contributed by atoms with E-state index in [1.807, 2.05) is 4.90 Å². The second kappa shape index (κ2) is 9.99. The number of nitrogens with zero attached hydrogens (tertiary/aromatic N) is 2. The molecule has 1 saturated carbocycles. The molecule has 2 aromatic rings. The van der Waals surface area contributed by atoms with Gasteiger partial charge in [0.15, 0.2) is 5.11 Å². The molecule has 0 bridgehead atoms. The van der Waals surface area contributed by atoms with Crippen LogP contribution in [0.5, 0.6) is 5.75 Å². The highest BCUT2D eigenvalue weighted by Gasteiger charge is 2.49. The summed E-state index contributed by atoms with van der Waals surface area (Å²) < 4.78 is 10.2. The van der Waals surface area contributed by atoms with Crippen molar-refractivity contribution in [1.29, 1.82) is 0 Å². The topological polar surface area (TPSA) is 88.2 Å². The number of carbonyl (C=O) groups excluding carboxylic acids is 3. The first-order chi connectivity index (χ1) is 16.3. The zero-order valence-electron chi connectivity index (χ0n) is 18.7. The van der Waals surface area contributed by atoms with E-state index in [0.29, 0.717) is 32.8 Å². The van der Waals surface area contributed by atoms with Crippen LogP contribution in [0.3, 0.4) is 0 Å². The lowest BCUT2D eigenvalue weighted by molar-refractivity contribution is -0.124. The van der Waals surface area contributed by atoms with Gasteiger partial charge in [0.25, 0.3) is 5.91 Å². The summed E-state index contributed by atoms with van der Waals surface area (Å²) >= 11 is 11.9. The second-order valence-electron chi connectivity index (χ2n) is 7.98. The molecule has 0 unspecified atom stereocenters. The minimum absolute atomic E-state index is 0.0600. The van der Waals surface area contributed by atoms with Crippen molar-refractivity contribution in [3.05, 3.63) is 53.1 Å². The van der Waals surface area contributed by atoms with Gasteiger partial charge in [-0.05, 0) is 74.4 Å². The van der Waals surface area contributed by atoms with Crippen LogP contribution in [0.15, 0.2) is 42.5 Å². The lowest BCUT2D eigenvalue weighted by atomic mass is 10.1. The average molecular weight is 502 g/mol. The molecule has 1 aliphatic carbocycles. The van der Waals surface area contributed by atoms with E-state index in [1.54, 1.807) is 49.4 Å². The third-order valence-electron chi connectivity index (χ3n) is 5.65. The Bertz CT molecular complexity index is 1140. The smallest absolute Gasteiger partial charge is 0.338 e. The second-order valence-corrected chi connectivity index (χ2v) is 8.75. The molecular weight excluding hydrogens is 478 g/mol. The van der Waals surface area contributed by atoms with Crippen molar-refractivity contribution in [2.24, 2.45) is 0 Å². The third-order valence-corrected chi connectivity index (χ3v) is 6.33. The van der Waals surface area contributed by atoms with Gasteiger partial charge in [0.2, 0.25) is 5.91 Å². The van der Waals surface area contributed by atoms with Crippen LogP contribution in [0.4, 0.5) is 11.4 Å². The number of methoxy groups -OCH3 is 1. The summed E-state index contributed by atoms with van der Waals surface area (Å²) in [6.45, 7) is 2.02. The normalized spacial score (nSPS) is 17.7. The Morgan fingerprint density at radius 1 is 1.18 bits per heavy atom. The number of hydrogen-bond acceptors (Lipinski definition) is 6. The zero-order valence-corrected chi connectivity index (χ0v) is 20.3. The molecule has 2 aromatic carbocycles. The van der Waals surface area contributed by atoms with Crippen LogP contribution >= 0.6 is 23.8 Å².